The first-order valence-corrected chi connectivity index (χ1v) is 4.30. The molecule has 0 atom stereocenters. The highest BCUT2D eigenvalue weighted by Gasteiger charge is 2.11. The van der Waals surface area contributed by atoms with Crippen LogP contribution in [0.15, 0.2) is 33.4 Å². The summed E-state index contributed by atoms with van der Waals surface area (Å²) in [5, 5.41) is 6.03. The predicted octanol–water partition coefficient (Wildman–Crippen LogP) is 0.979. The Hall–Kier alpha value is -2.08. The van der Waals surface area contributed by atoms with Gasteiger partial charge < -0.3 is 20.0 Å². The monoisotopic (exact) mass is 207 g/mol. The molecule has 3 N–H and O–H groups in total. The van der Waals surface area contributed by atoms with Crippen molar-refractivity contribution in [2.24, 2.45) is 5.73 Å². The van der Waals surface area contributed by atoms with Gasteiger partial charge in [-0.15, -0.1) is 0 Å². The van der Waals surface area contributed by atoms with E-state index in [-0.39, 0.29) is 18.2 Å². The fourth-order valence-corrected chi connectivity index (χ4v) is 1.06. The molecule has 2 heterocycles. The summed E-state index contributed by atoms with van der Waals surface area (Å²) in [6.45, 7) is 0.261. The molecule has 0 bridgehead atoms. The number of nitrogens with two attached hydrogens (primary N) is 1. The van der Waals surface area contributed by atoms with E-state index in [0.717, 1.165) is 0 Å². The molecule has 0 unspecified atom stereocenters. The number of amides is 1. The number of nitrogens with zero attached hydrogens (tertiary/aromatic N) is 1. The van der Waals surface area contributed by atoms with Crippen LogP contribution in [0.4, 0.5) is 5.82 Å². The maximum Gasteiger partial charge on any atom is 0.292 e. The molecule has 0 spiro atoms. The van der Waals surface area contributed by atoms with E-state index in [1.165, 1.54) is 12.3 Å². The van der Waals surface area contributed by atoms with Crippen molar-refractivity contribution >= 4 is 11.7 Å². The minimum absolute atomic E-state index is 0.193. The van der Waals surface area contributed by atoms with E-state index in [1.807, 2.05) is 0 Å². The number of aromatic nitrogens is 1. The zero-order valence-corrected chi connectivity index (χ0v) is 7.77. The van der Waals surface area contributed by atoms with E-state index in [1.54, 1.807) is 12.1 Å². The summed E-state index contributed by atoms with van der Waals surface area (Å²) in [7, 11) is 0. The standard InChI is InChI=1S/C9H9N3O3/c10-5-6-1-2-7(15-6)9(13)11-8-3-4-14-12-8/h1-4H,5,10H2,(H,11,12,13). The summed E-state index contributed by atoms with van der Waals surface area (Å²) >= 11 is 0. The molecule has 0 radical (unpaired) electrons. The molecule has 0 aliphatic rings. The molecule has 6 nitrogen and oxygen atoms in total. The first-order chi connectivity index (χ1) is 7.29. The van der Waals surface area contributed by atoms with E-state index in [0.29, 0.717) is 11.6 Å². The maximum absolute atomic E-state index is 11.5. The van der Waals surface area contributed by atoms with E-state index < -0.39 is 0 Å². The van der Waals surface area contributed by atoms with Crippen LogP contribution in [0.2, 0.25) is 0 Å². The molecule has 6 heteroatoms. The van der Waals surface area contributed by atoms with Gasteiger partial charge in [-0.2, -0.15) is 0 Å². The quantitative estimate of drug-likeness (QED) is 0.782. The fourth-order valence-electron chi connectivity index (χ4n) is 1.06. The van der Waals surface area contributed by atoms with Gasteiger partial charge in [0, 0.05) is 6.07 Å². The predicted molar refractivity (Wildman–Crippen MR) is 51.1 cm³/mol. The first-order valence-electron chi connectivity index (χ1n) is 4.30. The van der Waals surface area contributed by atoms with Crippen LogP contribution in [0.3, 0.4) is 0 Å². The van der Waals surface area contributed by atoms with Crippen LogP contribution in [0.25, 0.3) is 0 Å². The number of carbonyl (C=O) groups is 1. The van der Waals surface area contributed by atoms with Gasteiger partial charge in [0.1, 0.15) is 12.0 Å². The van der Waals surface area contributed by atoms with Crippen molar-refractivity contribution in [2.75, 3.05) is 5.32 Å². The van der Waals surface area contributed by atoms with E-state index >= 15 is 0 Å². The normalized spacial score (nSPS) is 10.2. The first kappa shape index (κ1) is 9.47. The lowest BCUT2D eigenvalue weighted by atomic mass is 10.4. The number of anilines is 1. The van der Waals surface area contributed by atoms with Gasteiger partial charge in [-0.25, -0.2) is 0 Å². The van der Waals surface area contributed by atoms with Crippen molar-refractivity contribution in [1.29, 1.82) is 0 Å². The molecule has 1 amide bonds. The Bertz CT molecular complexity index is 447. The van der Waals surface area contributed by atoms with Crippen LogP contribution < -0.4 is 11.1 Å². The smallest absolute Gasteiger partial charge is 0.292 e. The fraction of sp³-hybridized carbons (Fsp3) is 0.111. The van der Waals surface area contributed by atoms with Gasteiger partial charge in [0.05, 0.1) is 6.54 Å². The topological polar surface area (TPSA) is 94.3 Å². The molecule has 2 aromatic heterocycles. The Labute approximate surface area is 85.0 Å². The molecular weight excluding hydrogens is 198 g/mol. The highest BCUT2D eigenvalue weighted by molar-refractivity contribution is 6.01. The molecule has 0 saturated heterocycles. The van der Waals surface area contributed by atoms with Crippen molar-refractivity contribution < 1.29 is 13.7 Å². The lowest BCUT2D eigenvalue weighted by molar-refractivity contribution is 0.0994. The third-order valence-electron chi connectivity index (χ3n) is 1.77. The van der Waals surface area contributed by atoms with Gasteiger partial charge in [-0.1, -0.05) is 5.16 Å². The number of carbonyl (C=O) groups excluding carboxylic acids is 1. The molecule has 2 aromatic rings. The molecular formula is C9H9N3O3. The second-order valence-electron chi connectivity index (χ2n) is 2.81. The summed E-state index contributed by atoms with van der Waals surface area (Å²) < 4.78 is 9.71. The van der Waals surface area contributed by atoms with Crippen LogP contribution in [-0.2, 0) is 6.54 Å². The van der Waals surface area contributed by atoms with Crippen LogP contribution in [-0.4, -0.2) is 11.1 Å². The molecule has 0 aliphatic heterocycles. The van der Waals surface area contributed by atoms with Gasteiger partial charge in [0.25, 0.3) is 5.91 Å². The third-order valence-corrected chi connectivity index (χ3v) is 1.77. The second-order valence-corrected chi connectivity index (χ2v) is 2.81. The number of nitrogens with one attached hydrogen (secondary N) is 1. The highest BCUT2D eigenvalue weighted by Crippen LogP contribution is 2.10. The largest absolute Gasteiger partial charge is 0.455 e. The zero-order chi connectivity index (χ0) is 10.7. The Morgan fingerprint density at radius 3 is 2.93 bits per heavy atom. The van der Waals surface area contributed by atoms with Gasteiger partial charge in [0.15, 0.2) is 11.6 Å². The molecule has 0 aromatic carbocycles. The van der Waals surface area contributed by atoms with E-state index in [4.69, 9.17) is 10.2 Å². The van der Waals surface area contributed by atoms with Gasteiger partial charge >= 0.3 is 0 Å². The number of hydrogen-bond acceptors (Lipinski definition) is 5. The van der Waals surface area contributed by atoms with Crippen molar-refractivity contribution in [3.05, 3.63) is 36.0 Å². The lowest BCUT2D eigenvalue weighted by Crippen LogP contribution is -2.11. The van der Waals surface area contributed by atoms with Crippen LogP contribution >= 0.6 is 0 Å². The zero-order valence-electron chi connectivity index (χ0n) is 7.77. The van der Waals surface area contributed by atoms with Crippen molar-refractivity contribution in [3.63, 3.8) is 0 Å². The lowest BCUT2D eigenvalue weighted by Gasteiger charge is -1.96. The van der Waals surface area contributed by atoms with Crippen molar-refractivity contribution in [2.45, 2.75) is 6.54 Å². The molecule has 0 fully saturated rings. The van der Waals surface area contributed by atoms with Gasteiger partial charge in [0.2, 0.25) is 0 Å². The Kier molecular flexibility index (Phi) is 2.51. The minimum Gasteiger partial charge on any atom is -0.455 e. The average molecular weight is 207 g/mol. The highest BCUT2D eigenvalue weighted by atomic mass is 16.5. The maximum atomic E-state index is 11.5. The summed E-state index contributed by atoms with van der Waals surface area (Å²) in [6.07, 6.45) is 1.36. The van der Waals surface area contributed by atoms with Crippen molar-refractivity contribution in [1.82, 2.24) is 5.16 Å². The summed E-state index contributed by atoms with van der Waals surface area (Å²) in [5.41, 5.74) is 5.35. The number of rotatable bonds is 3. The summed E-state index contributed by atoms with van der Waals surface area (Å²) in [4.78, 5) is 11.5. The van der Waals surface area contributed by atoms with E-state index in [2.05, 4.69) is 15.0 Å². The van der Waals surface area contributed by atoms with Gasteiger partial charge in [-0.05, 0) is 12.1 Å². The summed E-state index contributed by atoms with van der Waals surface area (Å²) in [5.74, 6) is 0.702. The average Bonchev–Trinajstić information content (AvgIpc) is 2.86. The molecule has 78 valence electrons. The molecule has 15 heavy (non-hydrogen) atoms. The third kappa shape index (κ3) is 2.05. The molecule has 0 saturated carbocycles. The van der Waals surface area contributed by atoms with Gasteiger partial charge in [-0.3, -0.25) is 4.79 Å². The Morgan fingerprint density at radius 1 is 1.47 bits per heavy atom. The van der Waals surface area contributed by atoms with Crippen LogP contribution in [0.1, 0.15) is 16.3 Å². The number of furan rings is 1. The van der Waals surface area contributed by atoms with E-state index in [9.17, 15) is 4.79 Å². The molecule has 2 rings (SSSR count). The van der Waals surface area contributed by atoms with Crippen molar-refractivity contribution in [3.8, 4) is 0 Å². The number of hydrogen-bond donors (Lipinski definition) is 2. The molecule has 0 aliphatic carbocycles. The second kappa shape index (κ2) is 3.97. The van der Waals surface area contributed by atoms with Crippen LogP contribution in [0.5, 0.6) is 0 Å². The summed E-state index contributed by atoms with van der Waals surface area (Å²) in [6, 6.07) is 4.74. The SMILES string of the molecule is NCc1ccc(C(=O)Nc2ccon2)o1. The Morgan fingerprint density at radius 2 is 2.33 bits per heavy atom. The van der Waals surface area contributed by atoms with Crippen LogP contribution in [0, 0.1) is 0 Å². The Balaban J connectivity index is 2.08. The minimum atomic E-state index is -0.386.